The molecule has 1 amide bonds. The van der Waals surface area contributed by atoms with Gasteiger partial charge in [0.2, 0.25) is 5.91 Å². The number of carbonyl (C=O) groups excluding carboxylic acids is 1. The Bertz CT molecular complexity index is 229. The van der Waals surface area contributed by atoms with Crippen molar-refractivity contribution in [2.75, 3.05) is 33.4 Å². The van der Waals surface area contributed by atoms with Gasteiger partial charge in [0.25, 0.3) is 0 Å². The van der Waals surface area contributed by atoms with Crippen molar-refractivity contribution in [1.29, 1.82) is 0 Å². The molecule has 0 radical (unpaired) electrons. The first-order valence-electron chi connectivity index (χ1n) is 5.72. The minimum Gasteiger partial charge on any atom is -0.383 e. The molecule has 0 spiro atoms. The molecule has 1 heterocycles. The quantitative estimate of drug-likeness (QED) is 0.641. The van der Waals surface area contributed by atoms with Crippen molar-refractivity contribution >= 4 is 5.91 Å². The molecular weight excluding hydrogens is 208 g/mol. The molecule has 1 saturated heterocycles. The summed E-state index contributed by atoms with van der Waals surface area (Å²) in [5.41, 5.74) is -0.166. The van der Waals surface area contributed by atoms with E-state index in [0.717, 1.165) is 19.5 Å². The second-order valence-electron chi connectivity index (χ2n) is 4.47. The van der Waals surface area contributed by atoms with Crippen molar-refractivity contribution in [3.05, 3.63) is 0 Å². The van der Waals surface area contributed by atoms with E-state index in [4.69, 9.17) is 9.47 Å². The van der Waals surface area contributed by atoms with Crippen LogP contribution in [0.3, 0.4) is 0 Å². The van der Waals surface area contributed by atoms with Gasteiger partial charge in [0.1, 0.15) is 6.61 Å². The van der Waals surface area contributed by atoms with E-state index in [1.165, 1.54) is 0 Å². The van der Waals surface area contributed by atoms with Crippen molar-refractivity contribution in [3.8, 4) is 0 Å². The highest BCUT2D eigenvalue weighted by atomic mass is 16.5. The predicted octanol–water partition coefficient (Wildman–Crippen LogP) is -0.0939. The lowest BCUT2D eigenvalue weighted by Gasteiger charge is -2.38. The van der Waals surface area contributed by atoms with E-state index >= 15 is 0 Å². The molecule has 1 unspecified atom stereocenters. The minimum absolute atomic E-state index is 0.0722. The van der Waals surface area contributed by atoms with Crippen LogP contribution in [0, 0.1) is 0 Å². The van der Waals surface area contributed by atoms with Crippen LogP contribution in [0.5, 0.6) is 0 Å². The van der Waals surface area contributed by atoms with Crippen LogP contribution in [0.15, 0.2) is 0 Å². The average Bonchev–Trinajstić information content (AvgIpc) is 2.23. The first kappa shape index (κ1) is 13.4. The second-order valence-corrected chi connectivity index (χ2v) is 4.47. The van der Waals surface area contributed by atoms with Gasteiger partial charge in [-0.1, -0.05) is 6.92 Å². The molecule has 0 bridgehead atoms. The summed E-state index contributed by atoms with van der Waals surface area (Å²) in [4.78, 5) is 11.6. The Morgan fingerprint density at radius 2 is 2.25 bits per heavy atom. The van der Waals surface area contributed by atoms with Gasteiger partial charge >= 0.3 is 0 Å². The fourth-order valence-corrected chi connectivity index (χ4v) is 1.55. The lowest BCUT2D eigenvalue weighted by atomic mass is 10.0. The fourth-order valence-electron chi connectivity index (χ4n) is 1.55. The lowest BCUT2D eigenvalue weighted by Crippen LogP contribution is -2.59. The number of carbonyl (C=O) groups is 1. The molecule has 0 aliphatic carbocycles. The van der Waals surface area contributed by atoms with Crippen LogP contribution in [-0.2, 0) is 14.3 Å². The van der Waals surface area contributed by atoms with Crippen molar-refractivity contribution in [3.63, 3.8) is 0 Å². The largest absolute Gasteiger partial charge is 0.383 e. The summed E-state index contributed by atoms with van der Waals surface area (Å²) in [6.45, 7) is 6.32. The van der Waals surface area contributed by atoms with Gasteiger partial charge in [0, 0.05) is 20.2 Å². The van der Waals surface area contributed by atoms with Gasteiger partial charge in [-0.2, -0.15) is 0 Å². The van der Waals surface area contributed by atoms with Crippen molar-refractivity contribution in [2.24, 2.45) is 0 Å². The van der Waals surface area contributed by atoms with Crippen LogP contribution in [-0.4, -0.2) is 51.0 Å². The van der Waals surface area contributed by atoms with Gasteiger partial charge in [-0.3, -0.25) is 4.79 Å². The van der Waals surface area contributed by atoms with Gasteiger partial charge in [0.15, 0.2) is 0 Å². The molecule has 16 heavy (non-hydrogen) atoms. The van der Waals surface area contributed by atoms with Crippen molar-refractivity contribution in [1.82, 2.24) is 10.6 Å². The van der Waals surface area contributed by atoms with E-state index in [1.807, 2.05) is 13.8 Å². The maximum Gasteiger partial charge on any atom is 0.246 e. The molecule has 0 saturated carbocycles. The smallest absolute Gasteiger partial charge is 0.246 e. The van der Waals surface area contributed by atoms with Crippen LogP contribution < -0.4 is 10.6 Å². The maximum absolute atomic E-state index is 11.6. The molecule has 94 valence electrons. The van der Waals surface area contributed by atoms with Gasteiger partial charge < -0.3 is 20.1 Å². The Labute approximate surface area is 96.9 Å². The maximum atomic E-state index is 11.6. The van der Waals surface area contributed by atoms with Crippen LogP contribution in [0.2, 0.25) is 0 Å². The Morgan fingerprint density at radius 3 is 2.69 bits per heavy atom. The Hall–Kier alpha value is -0.650. The summed E-state index contributed by atoms with van der Waals surface area (Å²) >= 11 is 0. The number of amides is 1. The summed E-state index contributed by atoms with van der Waals surface area (Å²) in [5.74, 6) is -0.0722. The zero-order chi connectivity index (χ0) is 12.0. The standard InChI is InChI=1S/C11H22N2O3/c1-4-9(5-15-3)13-10(14)6-16-11(2)7-12-8-11/h9,12H,4-8H2,1-3H3,(H,13,14). The molecule has 1 fully saturated rings. The van der Waals surface area contributed by atoms with Crippen molar-refractivity contribution in [2.45, 2.75) is 31.9 Å². The fraction of sp³-hybridized carbons (Fsp3) is 0.909. The summed E-state index contributed by atoms with van der Waals surface area (Å²) in [6.07, 6.45) is 0.860. The van der Waals surface area contributed by atoms with Gasteiger partial charge in [0.05, 0.1) is 18.2 Å². The monoisotopic (exact) mass is 230 g/mol. The Balaban J connectivity index is 2.18. The average molecular weight is 230 g/mol. The third-order valence-electron chi connectivity index (χ3n) is 2.78. The number of rotatable bonds is 7. The first-order chi connectivity index (χ1) is 7.59. The molecule has 0 aromatic rings. The third kappa shape index (κ3) is 4.08. The zero-order valence-corrected chi connectivity index (χ0v) is 10.3. The highest BCUT2D eigenvalue weighted by molar-refractivity contribution is 5.77. The Kier molecular flexibility index (Phi) is 5.18. The third-order valence-corrected chi connectivity index (χ3v) is 2.78. The molecule has 1 rings (SSSR count). The molecule has 5 nitrogen and oxygen atoms in total. The SMILES string of the molecule is CCC(COC)NC(=O)COC1(C)CNC1. The summed E-state index contributed by atoms with van der Waals surface area (Å²) < 4.78 is 10.5. The molecule has 0 aromatic heterocycles. The van der Waals surface area contributed by atoms with Gasteiger partial charge in [-0.05, 0) is 13.3 Å². The topological polar surface area (TPSA) is 59.6 Å². The van der Waals surface area contributed by atoms with E-state index in [2.05, 4.69) is 10.6 Å². The number of methoxy groups -OCH3 is 1. The van der Waals surface area contributed by atoms with Crippen LogP contribution in [0.4, 0.5) is 0 Å². The van der Waals surface area contributed by atoms with Crippen molar-refractivity contribution < 1.29 is 14.3 Å². The lowest BCUT2D eigenvalue weighted by molar-refractivity contribution is -0.136. The number of hydrogen-bond donors (Lipinski definition) is 2. The molecule has 2 N–H and O–H groups in total. The second kappa shape index (κ2) is 6.18. The predicted molar refractivity (Wildman–Crippen MR) is 61.3 cm³/mol. The van der Waals surface area contributed by atoms with E-state index in [0.29, 0.717) is 6.61 Å². The van der Waals surface area contributed by atoms with Gasteiger partial charge in [-0.15, -0.1) is 0 Å². The first-order valence-corrected chi connectivity index (χ1v) is 5.72. The summed E-state index contributed by atoms with van der Waals surface area (Å²) in [7, 11) is 1.63. The molecular formula is C11H22N2O3. The van der Waals surface area contributed by atoms with E-state index in [1.54, 1.807) is 7.11 Å². The van der Waals surface area contributed by atoms with E-state index in [-0.39, 0.29) is 24.2 Å². The summed E-state index contributed by atoms with van der Waals surface area (Å²) in [5, 5.41) is 6.00. The molecule has 0 aromatic carbocycles. The number of hydrogen-bond acceptors (Lipinski definition) is 4. The molecule has 1 atom stereocenters. The number of ether oxygens (including phenoxy) is 2. The van der Waals surface area contributed by atoms with Crippen LogP contribution in [0.1, 0.15) is 20.3 Å². The minimum atomic E-state index is -0.166. The molecule has 1 aliphatic rings. The normalized spacial score (nSPS) is 19.9. The molecule has 1 aliphatic heterocycles. The number of nitrogens with one attached hydrogen (secondary N) is 2. The Morgan fingerprint density at radius 1 is 1.56 bits per heavy atom. The molecule has 5 heteroatoms. The van der Waals surface area contributed by atoms with Crippen LogP contribution >= 0.6 is 0 Å². The zero-order valence-electron chi connectivity index (χ0n) is 10.3. The van der Waals surface area contributed by atoms with Gasteiger partial charge in [-0.25, -0.2) is 0 Å². The van der Waals surface area contributed by atoms with E-state index < -0.39 is 0 Å². The van der Waals surface area contributed by atoms with E-state index in [9.17, 15) is 4.79 Å². The highest BCUT2D eigenvalue weighted by Gasteiger charge is 2.33. The summed E-state index contributed by atoms with van der Waals surface area (Å²) in [6, 6.07) is 0.0772. The highest BCUT2D eigenvalue weighted by Crippen LogP contribution is 2.14. The van der Waals surface area contributed by atoms with Crippen LogP contribution in [0.25, 0.3) is 0 Å².